The van der Waals surface area contributed by atoms with Crippen LogP contribution < -0.4 is 10.1 Å². The van der Waals surface area contributed by atoms with Gasteiger partial charge in [-0.1, -0.05) is 24.3 Å². The van der Waals surface area contributed by atoms with E-state index >= 15 is 0 Å². The maximum atomic E-state index is 13.7. The predicted molar refractivity (Wildman–Crippen MR) is 91.5 cm³/mol. The summed E-state index contributed by atoms with van der Waals surface area (Å²) >= 11 is 0. The minimum absolute atomic E-state index is 0.134. The molecular formula is C20H14F3NO2. The van der Waals surface area contributed by atoms with Gasteiger partial charge in [-0.2, -0.15) is 0 Å². The third kappa shape index (κ3) is 4.22. The minimum atomic E-state index is -0.872. The van der Waals surface area contributed by atoms with Gasteiger partial charge in [0.2, 0.25) is 0 Å². The van der Waals surface area contributed by atoms with Crippen LogP contribution in [-0.2, 0) is 6.61 Å². The molecule has 0 unspecified atom stereocenters. The molecule has 0 aliphatic carbocycles. The SMILES string of the molecule is O=C(Nc1ccc(F)cc1F)c1ccccc1OCc1ccc(F)cc1. The fourth-order valence-electron chi connectivity index (χ4n) is 2.30. The van der Waals surface area contributed by atoms with Gasteiger partial charge in [0.1, 0.15) is 29.8 Å². The first-order valence-corrected chi connectivity index (χ1v) is 7.75. The highest BCUT2D eigenvalue weighted by molar-refractivity contribution is 6.06. The molecular weight excluding hydrogens is 343 g/mol. The molecule has 1 amide bonds. The fourth-order valence-corrected chi connectivity index (χ4v) is 2.30. The van der Waals surface area contributed by atoms with E-state index < -0.39 is 17.5 Å². The van der Waals surface area contributed by atoms with Gasteiger partial charge in [0.15, 0.2) is 0 Å². The normalized spacial score (nSPS) is 10.4. The van der Waals surface area contributed by atoms with Gasteiger partial charge in [0.05, 0.1) is 11.3 Å². The van der Waals surface area contributed by atoms with Crippen LogP contribution in [0.5, 0.6) is 5.75 Å². The summed E-state index contributed by atoms with van der Waals surface area (Å²) < 4.78 is 45.2. The number of benzene rings is 3. The molecule has 0 aliphatic rings. The molecule has 0 atom stereocenters. The largest absolute Gasteiger partial charge is 0.488 e. The van der Waals surface area contributed by atoms with Crippen molar-refractivity contribution >= 4 is 11.6 Å². The Morgan fingerprint density at radius 3 is 2.31 bits per heavy atom. The summed E-state index contributed by atoms with van der Waals surface area (Å²) in [5.41, 5.74) is 0.786. The van der Waals surface area contributed by atoms with Crippen molar-refractivity contribution in [2.45, 2.75) is 6.61 Å². The molecule has 26 heavy (non-hydrogen) atoms. The Labute approximate surface area is 148 Å². The third-order valence-electron chi connectivity index (χ3n) is 3.62. The molecule has 3 aromatic carbocycles. The van der Waals surface area contributed by atoms with E-state index in [1.165, 1.54) is 18.2 Å². The lowest BCUT2D eigenvalue weighted by Crippen LogP contribution is -2.14. The van der Waals surface area contributed by atoms with Gasteiger partial charge >= 0.3 is 0 Å². The molecule has 6 heteroatoms. The van der Waals surface area contributed by atoms with E-state index in [4.69, 9.17) is 4.74 Å². The van der Waals surface area contributed by atoms with E-state index in [0.29, 0.717) is 6.07 Å². The van der Waals surface area contributed by atoms with E-state index in [0.717, 1.165) is 17.7 Å². The van der Waals surface area contributed by atoms with Crippen LogP contribution in [0, 0.1) is 17.5 Å². The number of ether oxygens (including phenoxy) is 1. The molecule has 0 spiro atoms. The smallest absolute Gasteiger partial charge is 0.259 e. The highest BCUT2D eigenvalue weighted by Gasteiger charge is 2.14. The topological polar surface area (TPSA) is 38.3 Å². The Morgan fingerprint density at radius 1 is 0.885 bits per heavy atom. The van der Waals surface area contributed by atoms with Crippen LogP contribution in [0.3, 0.4) is 0 Å². The number of para-hydroxylation sites is 1. The highest BCUT2D eigenvalue weighted by Crippen LogP contribution is 2.22. The summed E-state index contributed by atoms with van der Waals surface area (Å²) in [6, 6.07) is 15.1. The first kappa shape index (κ1) is 17.5. The van der Waals surface area contributed by atoms with Gasteiger partial charge in [-0.3, -0.25) is 4.79 Å². The number of carbonyl (C=O) groups excluding carboxylic acids is 1. The van der Waals surface area contributed by atoms with Gasteiger partial charge < -0.3 is 10.1 Å². The molecule has 0 aliphatic heterocycles. The number of anilines is 1. The Balaban J connectivity index is 1.75. The van der Waals surface area contributed by atoms with Crippen LogP contribution in [0.2, 0.25) is 0 Å². The lowest BCUT2D eigenvalue weighted by Gasteiger charge is -2.12. The monoisotopic (exact) mass is 357 g/mol. The summed E-state index contributed by atoms with van der Waals surface area (Å²) in [5, 5.41) is 2.39. The molecule has 1 N–H and O–H groups in total. The summed E-state index contributed by atoms with van der Waals surface area (Å²) in [5.74, 6) is -2.26. The van der Waals surface area contributed by atoms with Crippen LogP contribution in [0.1, 0.15) is 15.9 Å². The zero-order valence-electron chi connectivity index (χ0n) is 13.5. The molecule has 0 fully saturated rings. The molecule has 3 aromatic rings. The van der Waals surface area contributed by atoms with E-state index in [1.807, 2.05) is 0 Å². The van der Waals surface area contributed by atoms with E-state index in [-0.39, 0.29) is 29.4 Å². The lowest BCUT2D eigenvalue weighted by atomic mass is 10.1. The number of carbonyl (C=O) groups is 1. The van der Waals surface area contributed by atoms with Crippen molar-refractivity contribution in [3.63, 3.8) is 0 Å². The summed E-state index contributed by atoms with van der Waals surface area (Å²) in [6.07, 6.45) is 0. The second-order valence-corrected chi connectivity index (χ2v) is 5.49. The zero-order chi connectivity index (χ0) is 18.5. The molecule has 0 radical (unpaired) electrons. The standard InChI is InChI=1S/C20H14F3NO2/c21-14-7-5-13(6-8-14)12-26-19-4-2-1-3-16(19)20(25)24-18-10-9-15(22)11-17(18)23/h1-11H,12H2,(H,24,25). The summed E-state index contributed by atoms with van der Waals surface area (Å²) in [7, 11) is 0. The predicted octanol–water partition coefficient (Wildman–Crippen LogP) is 4.94. The van der Waals surface area contributed by atoms with E-state index in [9.17, 15) is 18.0 Å². The van der Waals surface area contributed by atoms with Crippen molar-refractivity contribution in [2.24, 2.45) is 0 Å². The average Bonchev–Trinajstić information content (AvgIpc) is 2.64. The van der Waals surface area contributed by atoms with Crippen LogP contribution in [-0.4, -0.2) is 5.91 Å². The van der Waals surface area contributed by atoms with Gasteiger partial charge in [0.25, 0.3) is 5.91 Å². The van der Waals surface area contributed by atoms with E-state index in [1.54, 1.807) is 30.3 Å². The molecule has 132 valence electrons. The maximum Gasteiger partial charge on any atom is 0.259 e. The second-order valence-electron chi connectivity index (χ2n) is 5.49. The van der Waals surface area contributed by atoms with Gasteiger partial charge in [-0.15, -0.1) is 0 Å². The molecule has 3 nitrogen and oxygen atoms in total. The first-order chi connectivity index (χ1) is 12.5. The molecule has 3 rings (SSSR count). The Kier molecular flexibility index (Phi) is 5.22. The summed E-state index contributed by atoms with van der Waals surface area (Å²) in [4.78, 5) is 12.4. The van der Waals surface area contributed by atoms with Crippen molar-refractivity contribution in [3.05, 3.63) is 95.3 Å². The van der Waals surface area contributed by atoms with Gasteiger partial charge in [-0.25, -0.2) is 13.2 Å². The van der Waals surface area contributed by atoms with Crippen molar-refractivity contribution in [3.8, 4) is 5.75 Å². The lowest BCUT2D eigenvalue weighted by molar-refractivity contribution is 0.102. The molecule has 0 saturated heterocycles. The Morgan fingerprint density at radius 2 is 1.58 bits per heavy atom. The number of amides is 1. The quantitative estimate of drug-likeness (QED) is 0.703. The maximum absolute atomic E-state index is 13.7. The Bertz CT molecular complexity index is 927. The molecule has 0 bridgehead atoms. The minimum Gasteiger partial charge on any atom is -0.488 e. The number of nitrogens with one attached hydrogen (secondary N) is 1. The summed E-state index contributed by atoms with van der Waals surface area (Å²) in [6.45, 7) is 0.134. The van der Waals surface area contributed by atoms with Gasteiger partial charge in [0, 0.05) is 6.07 Å². The zero-order valence-corrected chi connectivity index (χ0v) is 13.5. The number of halogens is 3. The van der Waals surface area contributed by atoms with Crippen molar-refractivity contribution in [1.29, 1.82) is 0 Å². The average molecular weight is 357 g/mol. The fraction of sp³-hybridized carbons (Fsp3) is 0.0500. The second kappa shape index (κ2) is 7.74. The third-order valence-corrected chi connectivity index (χ3v) is 3.62. The molecule has 0 saturated carbocycles. The van der Waals surface area contributed by atoms with Gasteiger partial charge in [-0.05, 0) is 42.0 Å². The number of rotatable bonds is 5. The van der Waals surface area contributed by atoms with Crippen molar-refractivity contribution in [1.82, 2.24) is 0 Å². The van der Waals surface area contributed by atoms with Crippen LogP contribution >= 0.6 is 0 Å². The first-order valence-electron chi connectivity index (χ1n) is 7.75. The van der Waals surface area contributed by atoms with Crippen LogP contribution in [0.15, 0.2) is 66.7 Å². The molecule has 0 heterocycles. The van der Waals surface area contributed by atoms with Crippen LogP contribution in [0.25, 0.3) is 0 Å². The number of hydrogen-bond acceptors (Lipinski definition) is 2. The molecule has 0 aromatic heterocycles. The Hall–Kier alpha value is -3.28. The van der Waals surface area contributed by atoms with Crippen molar-refractivity contribution in [2.75, 3.05) is 5.32 Å². The highest BCUT2D eigenvalue weighted by atomic mass is 19.1. The van der Waals surface area contributed by atoms with Crippen molar-refractivity contribution < 1.29 is 22.7 Å². The van der Waals surface area contributed by atoms with Crippen LogP contribution in [0.4, 0.5) is 18.9 Å². The number of hydrogen-bond donors (Lipinski definition) is 1. The van der Waals surface area contributed by atoms with E-state index in [2.05, 4.69) is 5.32 Å².